The minimum Gasteiger partial charge on any atom is -0.483 e. The molecule has 1 aromatic heterocycles. The molecule has 0 aliphatic carbocycles. The van der Waals surface area contributed by atoms with E-state index in [-0.39, 0.29) is 23.4 Å². The molecule has 0 aliphatic heterocycles. The number of thiazole rings is 1. The van der Waals surface area contributed by atoms with Gasteiger partial charge in [0.05, 0.1) is 10.2 Å². The summed E-state index contributed by atoms with van der Waals surface area (Å²) in [5.74, 6) is 0.476. The van der Waals surface area contributed by atoms with E-state index in [1.165, 1.54) is 11.3 Å². The lowest BCUT2D eigenvalue weighted by Crippen LogP contribution is -2.20. The highest BCUT2D eigenvalue weighted by molar-refractivity contribution is 7.16. The van der Waals surface area contributed by atoms with Gasteiger partial charge in [0, 0.05) is 11.7 Å². The molecule has 1 heterocycles. The summed E-state index contributed by atoms with van der Waals surface area (Å²) in [5, 5.41) is 2.83. The van der Waals surface area contributed by atoms with Gasteiger partial charge in [-0.1, -0.05) is 23.5 Å². The molecule has 0 spiro atoms. The molecule has 136 valence electrons. The van der Waals surface area contributed by atoms with Crippen LogP contribution in [0.15, 0.2) is 41.2 Å². The van der Waals surface area contributed by atoms with Gasteiger partial charge in [-0.05, 0) is 63.1 Å². The highest BCUT2D eigenvalue weighted by Gasteiger charge is 2.12. The van der Waals surface area contributed by atoms with Crippen LogP contribution in [0, 0.1) is 13.8 Å². The van der Waals surface area contributed by atoms with Gasteiger partial charge in [-0.3, -0.25) is 14.2 Å². The standard InChI is InChI=1S/C20H22N2O3S/c1-12(2)22-16-8-7-15(10-18(16)26-20(22)24)21-19(23)11-25-17-9-13(3)5-6-14(17)4/h5-10,12H,11H2,1-4H3,(H,21,23). The van der Waals surface area contributed by atoms with Crippen molar-refractivity contribution in [3.8, 4) is 5.75 Å². The lowest BCUT2D eigenvalue weighted by atomic mass is 10.1. The highest BCUT2D eigenvalue weighted by Crippen LogP contribution is 2.24. The Kier molecular flexibility index (Phi) is 5.13. The topological polar surface area (TPSA) is 60.3 Å². The Balaban J connectivity index is 1.71. The van der Waals surface area contributed by atoms with E-state index < -0.39 is 0 Å². The number of fused-ring (bicyclic) bond motifs is 1. The molecule has 0 saturated carbocycles. The largest absolute Gasteiger partial charge is 0.483 e. The van der Waals surface area contributed by atoms with E-state index in [9.17, 15) is 9.59 Å². The van der Waals surface area contributed by atoms with E-state index in [2.05, 4.69) is 5.32 Å². The zero-order chi connectivity index (χ0) is 18.8. The van der Waals surface area contributed by atoms with E-state index in [1.807, 2.05) is 64.1 Å². The van der Waals surface area contributed by atoms with Crippen LogP contribution in [-0.4, -0.2) is 17.1 Å². The van der Waals surface area contributed by atoms with Crippen LogP contribution in [0.1, 0.15) is 31.0 Å². The predicted octanol–water partition coefficient (Wildman–Crippen LogP) is 4.28. The zero-order valence-electron chi connectivity index (χ0n) is 15.3. The van der Waals surface area contributed by atoms with Gasteiger partial charge in [-0.25, -0.2) is 0 Å². The maximum absolute atomic E-state index is 12.2. The third kappa shape index (κ3) is 3.80. The molecule has 6 heteroatoms. The Morgan fingerprint density at radius 3 is 2.69 bits per heavy atom. The summed E-state index contributed by atoms with van der Waals surface area (Å²) < 4.78 is 8.25. The number of hydrogen-bond acceptors (Lipinski definition) is 4. The van der Waals surface area contributed by atoms with Crippen molar-refractivity contribution in [2.24, 2.45) is 0 Å². The first kappa shape index (κ1) is 18.2. The fraction of sp³-hybridized carbons (Fsp3) is 0.300. The van der Waals surface area contributed by atoms with Gasteiger partial charge in [-0.15, -0.1) is 0 Å². The van der Waals surface area contributed by atoms with E-state index >= 15 is 0 Å². The molecular weight excluding hydrogens is 348 g/mol. The molecule has 5 nitrogen and oxygen atoms in total. The number of carbonyl (C=O) groups is 1. The first-order valence-electron chi connectivity index (χ1n) is 8.50. The monoisotopic (exact) mass is 370 g/mol. The molecule has 0 unspecified atom stereocenters. The molecule has 0 aliphatic rings. The van der Waals surface area contributed by atoms with E-state index in [0.29, 0.717) is 11.4 Å². The van der Waals surface area contributed by atoms with Crippen LogP contribution in [0.3, 0.4) is 0 Å². The van der Waals surface area contributed by atoms with Gasteiger partial charge in [0.2, 0.25) is 0 Å². The van der Waals surface area contributed by atoms with Crippen LogP contribution in [-0.2, 0) is 4.79 Å². The number of amides is 1. The van der Waals surface area contributed by atoms with Crippen LogP contribution in [0.25, 0.3) is 10.2 Å². The number of benzene rings is 2. The molecule has 0 radical (unpaired) electrons. The number of anilines is 1. The third-order valence-electron chi connectivity index (χ3n) is 4.12. The average molecular weight is 370 g/mol. The van der Waals surface area contributed by atoms with Crippen molar-refractivity contribution in [1.29, 1.82) is 0 Å². The molecule has 2 aromatic carbocycles. The number of nitrogens with zero attached hydrogens (tertiary/aromatic N) is 1. The molecule has 0 saturated heterocycles. The summed E-state index contributed by atoms with van der Waals surface area (Å²) in [6, 6.07) is 11.5. The van der Waals surface area contributed by atoms with Gasteiger partial charge in [0.1, 0.15) is 5.75 Å². The second-order valence-corrected chi connectivity index (χ2v) is 7.61. The van der Waals surface area contributed by atoms with Gasteiger partial charge >= 0.3 is 4.87 Å². The SMILES string of the molecule is Cc1ccc(C)c(OCC(=O)Nc2ccc3c(c2)sc(=O)n3C(C)C)c1. The molecule has 3 rings (SSSR count). The molecule has 0 bridgehead atoms. The summed E-state index contributed by atoms with van der Waals surface area (Å²) in [4.78, 5) is 24.3. The maximum Gasteiger partial charge on any atom is 0.308 e. The molecule has 3 aromatic rings. The summed E-state index contributed by atoms with van der Waals surface area (Å²) in [6.07, 6.45) is 0. The van der Waals surface area contributed by atoms with Crippen molar-refractivity contribution in [1.82, 2.24) is 4.57 Å². The van der Waals surface area contributed by atoms with Crippen LogP contribution in [0.4, 0.5) is 5.69 Å². The predicted molar refractivity (Wildman–Crippen MR) is 107 cm³/mol. The Morgan fingerprint density at radius 2 is 1.96 bits per heavy atom. The van der Waals surface area contributed by atoms with Crippen LogP contribution in [0.2, 0.25) is 0 Å². The van der Waals surface area contributed by atoms with Gasteiger partial charge in [-0.2, -0.15) is 0 Å². The lowest BCUT2D eigenvalue weighted by molar-refractivity contribution is -0.118. The normalized spacial score (nSPS) is 11.1. The zero-order valence-corrected chi connectivity index (χ0v) is 16.1. The first-order chi connectivity index (χ1) is 12.3. The van der Waals surface area contributed by atoms with Crippen LogP contribution >= 0.6 is 11.3 Å². The molecular formula is C20H22N2O3S. The summed E-state index contributed by atoms with van der Waals surface area (Å²) in [7, 11) is 0. The number of aryl methyl sites for hydroxylation is 2. The number of aromatic nitrogens is 1. The van der Waals surface area contributed by atoms with Crippen molar-refractivity contribution >= 4 is 33.1 Å². The second kappa shape index (κ2) is 7.33. The Hall–Kier alpha value is -2.60. The quantitative estimate of drug-likeness (QED) is 0.729. The molecule has 26 heavy (non-hydrogen) atoms. The minimum atomic E-state index is -0.235. The van der Waals surface area contributed by atoms with Crippen LogP contribution in [0.5, 0.6) is 5.75 Å². The van der Waals surface area contributed by atoms with Crippen molar-refractivity contribution < 1.29 is 9.53 Å². The van der Waals surface area contributed by atoms with E-state index in [0.717, 1.165) is 21.3 Å². The molecule has 1 amide bonds. The highest BCUT2D eigenvalue weighted by atomic mass is 32.1. The fourth-order valence-electron chi connectivity index (χ4n) is 2.81. The first-order valence-corrected chi connectivity index (χ1v) is 9.32. The summed E-state index contributed by atoms with van der Waals surface area (Å²) in [5.41, 5.74) is 3.62. The van der Waals surface area contributed by atoms with Crippen molar-refractivity contribution in [2.45, 2.75) is 33.7 Å². The van der Waals surface area contributed by atoms with Crippen molar-refractivity contribution in [3.63, 3.8) is 0 Å². The Labute approximate surface area is 156 Å². The Morgan fingerprint density at radius 1 is 1.19 bits per heavy atom. The molecule has 0 atom stereocenters. The number of rotatable bonds is 5. The molecule has 0 fully saturated rings. The third-order valence-corrected chi connectivity index (χ3v) is 5.03. The maximum atomic E-state index is 12.2. The Bertz CT molecular complexity index is 1020. The summed E-state index contributed by atoms with van der Waals surface area (Å²) in [6.45, 7) is 7.82. The second-order valence-electron chi connectivity index (χ2n) is 6.62. The van der Waals surface area contributed by atoms with E-state index in [4.69, 9.17) is 4.74 Å². The van der Waals surface area contributed by atoms with Gasteiger partial charge in [0.15, 0.2) is 6.61 Å². The van der Waals surface area contributed by atoms with E-state index in [1.54, 1.807) is 4.57 Å². The number of hydrogen-bond donors (Lipinski definition) is 1. The summed E-state index contributed by atoms with van der Waals surface area (Å²) >= 11 is 1.19. The van der Waals surface area contributed by atoms with Gasteiger partial charge < -0.3 is 10.1 Å². The smallest absolute Gasteiger partial charge is 0.308 e. The molecule has 1 N–H and O–H groups in total. The fourth-order valence-corrected chi connectivity index (χ4v) is 3.86. The average Bonchev–Trinajstić information content (AvgIpc) is 2.90. The van der Waals surface area contributed by atoms with Gasteiger partial charge in [0.25, 0.3) is 5.91 Å². The minimum absolute atomic E-state index is 0.0109. The number of carbonyl (C=O) groups excluding carboxylic acids is 1. The number of ether oxygens (including phenoxy) is 1. The number of nitrogens with one attached hydrogen (secondary N) is 1. The van der Waals surface area contributed by atoms with Crippen molar-refractivity contribution in [3.05, 3.63) is 57.2 Å². The van der Waals surface area contributed by atoms with Crippen molar-refractivity contribution in [2.75, 3.05) is 11.9 Å². The lowest BCUT2D eigenvalue weighted by Gasteiger charge is -2.11. The van der Waals surface area contributed by atoms with Crippen LogP contribution < -0.4 is 14.9 Å².